The van der Waals surface area contributed by atoms with Crippen LogP contribution >= 0.6 is 11.1 Å². The van der Waals surface area contributed by atoms with Crippen LogP contribution < -0.4 is 4.43 Å². The summed E-state index contributed by atoms with van der Waals surface area (Å²) in [7, 11) is -7.15. The van der Waals surface area contributed by atoms with E-state index in [2.05, 4.69) is 4.57 Å². The lowest BCUT2D eigenvalue weighted by atomic mass is 9.91. The minimum absolute atomic E-state index is 0.117. The van der Waals surface area contributed by atoms with Crippen molar-refractivity contribution in [2.45, 2.75) is 56.1 Å². The molecule has 5 rings (SSSR count). The van der Waals surface area contributed by atoms with Gasteiger partial charge in [-0.25, -0.2) is 8.42 Å². The summed E-state index contributed by atoms with van der Waals surface area (Å²) < 4.78 is 37.6. The van der Waals surface area contributed by atoms with Crippen LogP contribution in [0.5, 0.6) is 5.75 Å². The molecule has 1 aliphatic carbocycles. The summed E-state index contributed by atoms with van der Waals surface area (Å²) >= 11 is 7.20. The summed E-state index contributed by atoms with van der Waals surface area (Å²) in [5, 5.41) is 0. The first-order valence-corrected chi connectivity index (χ1v) is 14.0. The Bertz CT molecular complexity index is 1020. The number of nitrogens with zero attached hydrogens (tertiary/aromatic N) is 2. The number of hydrogen-bond donors (Lipinski definition) is 0. The number of hydrogen-bond acceptors (Lipinski definition) is 4. The molecule has 3 aliphatic rings. The summed E-state index contributed by atoms with van der Waals surface area (Å²) in [6, 6.07) is 14.8. The first kappa shape index (κ1) is 18.6. The number of sulfonamides is 1. The summed E-state index contributed by atoms with van der Waals surface area (Å²) in [6.45, 7) is 2.59. The highest BCUT2D eigenvalue weighted by atomic mass is 35.6. The van der Waals surface area contributed by atoms with Crippen molar-refractivity contribution in [3.8, 4) is 5.75 Å². The lowest BCUT2D eigenvalue weighted by Gasteiger charge is -2.39. The second-order valence-electron chi connectivity index (χ2n) is 7.90. The van der Waals surface area contributed by atoms with E-state index < -0.39 is 18.0 Å². The fourth-order valence-corrected chi connectivity index (χ4v) is 12.8. The van der Waals surface area contributed by atoms with Gasteiger partial charge >= 0.3 is 7.95 Å². The highest BCUT2D eigenvalue weighted by Crippen LogP contribution is 2.49. The Morgan fingerprint density at radius 2 is 1.71 bits per heavy atom. The van der Waals surface area contributed by atoms with Crippen LogP contribution in [-0.2, 0) is 16.6 Å². The third-order valence-electron chi connectivity index (χ3n) is 6.15. The van der Waals surface area contributed by atoms with Gasteiger partial charge in [-0.2, -0.15) is 3.97 Å². The van der Waals surface area contributed by atoms with Crippen LogP contribution in [0.3, 0.4) is 0 Å². The molecule has 0 N–H and O–H groups in total. The van der Waals surface area contributed by atoms with Crippen molar-refractivity contribution in [1.29, 1.82) is 0 Å². The highest BCUT2D eigenvalue weighted by molar-refractivity contribution is 7.91. The van der Waals surface area contributed by atoms with Crippen LogP contribution in [0.4, 0.5) is 0 Å². The zero-order chi connectivity index (χ0) is 19.5. The molecule has 5 nitrogen and oxygen atoms in total. The fraction of sp³-hybridized carbons (Fsp3) is 0.400. The van der Waals surface area contributed by atoms with Crippen LogP contribution in [0.1, 0.15) is 36.8 Å². The molecule has 28 heavy (non-hydrogen) atoms. The van der Waals surface area contributed by atoms with Crippen molar-refractivity contribution in [3.05, 3.63) is 59.7 Å². The first-order valence-electron chi connectivity index (χ1n) is 9.75. The predicted molar refractivity (Wildman–Crippen MR) is 110 cm³/mol. The van der Waals surface area contributed by atoms with E-state index in [9.17, 15) is 8.42 Å². The van der Waals surface area contributed by atoms with E-state index in [1.54, 1.807) is 16.1 Å². The first-order chi connectivity index (χ1) is 13.4. The Balaban J connectivity index is 1.65. The molecule has 0 aromatic heterocycles. The number of benzene rings is 2. The summed E-state index contributed by atoms with van der Waals surface area (Å²) in [6.07, 6.45) is 3.90. The standard InChI is InChI=1S/C20H23ClN2O3SSi/c1-15-10-12-17(13-11-15)27(24,25)23-19-8-4-3-7-18(19)22-14-16-6-2-5-9-20(16)26-28(22,23)21/h2,5-6,9-13,18-19H,3-4,7-8,14H2,1H3/t18-,19-,28?/m1/s1. The van der Waals surface area contributed by atoms with E-state index in [1.807, 2.05) is 43.3 Å². The zero-order valence-corrected chi connectivity index (χ0v) is 18.3. The van der Waals surface area contributed by atoms with Gasteiger partial charge in [0.15, 0.2) is 0 Å². The Kier molecular flexibility index (Phi) is 4.37. The van der Waals surface area contributed by atoms with Crippen molar-refractivity contribution in [3.63, 3.8) is 0 Å². The Morgan fingerprint density at radius 3 is 2.46 bits per heavy atom. The predicted octanol–water partition coefficient (Wildman–Crippen LogP) is 3.88. The van der Waals surface area contributed by atoms with Gasteiger partial charge in [0.25, 0.3) is 0 Å². The molecule has 2 fully saturated rings. The quantitative estimate of drug-likeness (QED) is 0.531. The molecular formula is C20H23ClN2O3SSi. The topological polar surface area (TPSA) is 49.9 Å². The third-order valence-corrected chi connectivity index (χ3v) is 13.6. The second-order valence-corrected chi connectivity index (χ2v) is 13.8. The molecule has 1 saturated heterocycles. The fourth-order valence-electron chi connectivity index (χ4n) is 4.79. The van der Waals surface area contributed by atoms with Crippen molar-refractivity contribution >= 4 is 29.1 Å². The molecule has 0 bridgehead atoms. The minimum Gasteiger partial charge on any atom is -0.506 e. The van der Waals surface area contributed by atoms with Gasteiger partial charge in [0.1, 0.15) is 5.75 Å². The summed E-state index contributed by atoms with van der Waals surface area (Å²) in [5.74, 6) is 0.711. The van der Waals surface area contributed by atoms with Crippen molar-refractivity contribution < 1.29 is 12.8 Å². The van der Waals surface area contributed by atoms with Gasteiger partial charge in [-0.1, -0.05) is 59.8 Å². The normalized spacial score (nSPS) is 30.2. The molecule has 0 radical (unpaired) electrons. The van der Waals surface area contributed by atoms with E-state index >= 15 is 0 Å². The van der Waals surface area contributed by atoms with Gasteiger partial charge in [0.05, 0.1) is 4.90 Å². The Morgan fingerprint density at radius 1 is 1.04 bits per heavy atom. The van der Waals surface area contributed by atoms with Gasteiger partial charge in [0, 0.05) is 24.2 Å². The lowest BCUT2D eigenvalue weighted by Crippen LogP contribution is -2.63. The zero-order valence-electron chi connectivity index (χ0n) is 15.7. The van der Waals surface area contributed by atoms with Gasteiger partial charge in [-0.15, -0.1) is 0 Å². The Labute approximate surface area is 171 Å². The average Bonchev–Trinajstić information content (AvgIpc) is 2.94. The molecule has 2 aromatic carbocycles. The molecule has 148 valence electrons. The largest absolute Gasteiger partial charge is 0.541 e. The number of aryl methyl sites for hydroxylation is 1. The van der Waals surface area contributed by atoms with Crippen LogP contribution in [0.25, 0.3) is 0 Å². The van der Waals surface area contributed by atoms with Crippen molar-refractivity contribution in [2.75, 3.05) is 0 Å². The molecule has 0 spiro atoms. The van der Waals surface area contributed by atoms with E-state index in [4.69, 9.17) is 15.5 Å². The molecule has 2 aliphatic heterocycles. The van der Waals surface area contributed by atoms with E-state index in [0.717, 1.165) is 36.8 Å². The van der Waals surface area contributed by atoms with E-state index in [0.29, 0.717) is 17.2 Å². The third kappa shape index (κ3) is 2.68. The summed E-state index contributed by atoms with van der Waals surface area (Å²) in [4.78, 5) is 0.291. The van der Waals surface area contributed by atoms with Crippen LogP contribution in [0.15, 0.2) is 53.4 Å². The highest BCUT2D eigenvalue weighted by Gasteiger charge is 2.69. The molecule has 8 heteroatoms. The molecule has 0 amide bonds. The van der Waals surface area contributed by atoms with E-state index in [1.165, 1.54) is 0 Å². The van der Waals surface area contributed by atoms with Gasteiger partial charge < -0.3 is 4.43 Å². The molecule has 1 saturated carbocycles. The van der Waals surface area contributed by atoms with Crippen LogP contribution in [0, 0.1) is 6.92 Å². The van der Waals surface area contributed by atoms with Crippen LogP contribution in [-0.4, -0.2) is 37.0 Å². The van der Waals surface area contributed by atoms with Crippen molar-refractivity contribution in [1.82, 2.24) is 8.54 Å². The van der Waals surface area contributed by atoms with E-state index in [-0.39, 0.29) is 12.1 Å². The molecular weight excluding hydrogens is 412 g/mol. The van der Waals surface area contributed by atoms with Crippen molar-refractivity contribution in [2.24, 2.45) is 0 Å². The maximum Gasteiger partial charge on any atom is 0.541 e. The second kappa shape index (κ2) is 6.57. The average molecular weight is 435 g/mol. The molecule has 3 atom stereocenters. The summed E-state index contributed by atoms with van der Waals surface area (Å²) in [5.41, 5.74) is 2.10. The Hall–Kier alpha value is -1.38. The minimum atomic E-state index is -3.76. The smallest absolute Gasteiger partial charge is 0.506 e. The number of fused-ring (bicyclic) bond motifs is 4. The van der Waals surface area contributed by atoms with Gasteiger partial charge in [-0.3, -0.25) is 4.57 Å². The molecule has 2 heterocycles. The number of rotatable bonds is 2. The molecule has 2 aromatic rings. The van der Waals surface area contributed by atoms with Gasteiger partial charge in [0.2, 0.25) is 10.0 Å². The monoisotopic (exact) mass is 434 g/mol. The maximum absolute atomic E-state index is 13.7. The van der Waals surface area contributed by atoms with Crippen LogP contribution in [0.2, 0.25) is 0 Å². The van der Waals surface area contributed by atoms with Gasteiger partial charge in [-0.05, 0) is 38.0 Å². The number of halogens is 1. The number of para-hydroxylation sites is 1. The SMILES string of the molecule is Cc1ccc(S(=O)(=O)N2[C@@H]3CCCC[C@H]3N3Cc4ccccc4O[Si]32Cl)cc1. The lowest BCUT2D eigenvalue weighted by molar-refractivity contribution is 0.217. The molecule has 1 unspecified atom stereocenters. The maximum atomic E-state index is 13.7.